The molecule has 1 aromatic carbocycles. The molecule has 2 aromatic rings. The van der Waals surface area contributed by atoms with Crippen LogP contribution in [0.15, 0.2) is 34.7 Å². The third-order valence-electron chi connectivity index (χ3n) is 4.69. The van der Waals surface area contributed by atoms with E-state index in [1.807, 2.05) is 37.3 Å². The van der Waals surface area contributed by atoms with Crippen LogP contribution in [0.4, 0.5) is 0 Å². The Morgan fingerprint density at radius 1 is 1.38 bits per heavy atom. The molecule has 5 nitrogen and oxygen atoms in total. The second kappa shape index (κ2) is 7.36. The van der Waals surface area contributed by atoms with Crippen molar-refractivity contribution in [2.45, 2.75) is 44.9 Å². The predicted octanol–water partition coefficient (Wildman–Crippen LogP) is 3.54. The maximum Gasteiger partial charge on any atom is 0.251 e. The lowest BCUT2D eigenvalue weighted by Crippen LogP contribution is -2.38. The first-order valence-corrected chi connectivity index (χ1v) is 8.54. The van der Waals surface area contributed by atoms with Crippen molar-refractivity contribution in [3.8, 4) is 0 Å². The first-order valence-electron chi connectivity index (χ1n) is 8.54. The van der Waals surface area contributed by atoms with Crippen LogP contribution in [-0.2, 0) is 14.3 Å². The second-order valence-electron chi connectivity index (χ2n) is 6.42. The smallest absolute Gasteiger partial charge is 0.251 e. The fourth-order valence-corrected chi connectivity index (χ4v) is 2.98. The Hall–Kier alpha value is -1.85. The summed E-state index contributed by atoms with van der Waals surface area (Å²) in [5, 5.41) is 1.04. The fourth-order valence-electron chi connectivity index (χ4n) is 2.98. The molecule has 3 rings (SSSR count). The molecule has 0 aliphatic carbocycles. The van der Waals surface area contributed by atoms with Crippen LogP contribution in [-0.4, -0.2) is 43.3 Å². The molecule has 0 spiro atoms. The highest BCUT2D eigenvalue weighted by Gasteiger charge is 2.26. The number of amides is 1. The van der Waals surface area contributed by atoms with Crippen LogP contribution in [0, 0.1) is 0 Å². The molecule has 1 aliphatic heterocycles. The van der Waals surface area contributed by atoms with E-state index in [0.717, 1.165) is 36.2 Å². The first kappa shape index (κ1) is 17.0. The largest absolute Gasteiger partial charge is 0.459 e. The summed E-state index contributed by atoms with van der Waals surface area (Å²) < 4.78 is 17.1. The second-order valence-corrected chi connectivity index (χ2v) is 6.42. The van der Waals surface area contributed by atoms with Gasteiger partial charge in [0, 0.05) is 19.0 Å². The number of ether oxygens (including phenoxy) is 2. The quantitative estimate of drug-likeness (QED) is 0.812. The molecule has 3 atom stereocenters. The SMILES string of the molecule is C[C@H](OC[C@H]1CCCO1)C(=O)N(C)[C@@H](C)c1cc2ccccc2o1. The molecule has 1 aliphatic rings. The van der Waals surface area contributed by atoms with Gasteiger partial charge in [-0.1, -0.05) is 18.2 Å². The minimum Gasteiger partial charge on any atom is -0.459 e. The van der Waals surface area contributed by atoms with Crippen LogP contribution in [0.1, 0.15) is 38.5 Å². The summed E-state index contributed by atoms with van der Waals surface area (Å²) in [5.41, 5.74) is 0.836. The molecule has 1 aromatic heterocycles. The van der Waals surface area contributed by atoms with Crippen molar-refractivity contribution in [2.24, 2.45) is 0 Å². The van der Waals surface area contributed by atoms with Gasteiger partial charge in [-0.25, -0.2) is 0 Å². The van der Waals surface area contributed by atoms with Crippen LogP contribution in [0.5, 0.6) is 0 Å². The topological polar surface area (TPSA) is 51.9 Å². The zero-order valence-electron chi connectivity index (χ0n) is 14.5. The van der Waals surface area contributed by atoms with E-state index >= 15 is 0 Å². The number of likely N-dealkylation sites (N-methyl/N-ethyl adjacent to an activating group) is 1. The lowest BCUT2D eigenvalue weighted by molar-refractivity contribution is -0.145. The molecule has 130 valence electrons. The van der Waals surface area contributed by atoms with E-state index in [-0.39, 0.29) is 18.1 Å². The van der Waals surface area contributed by atoms with Crippen molar-refractivity contribution in [1.29, 1.82) is 0 Å². The number of hydrogen-bond acceptors (Lipinski definition) is 4. The molecule has 2 heterocycles. The number of carbonyl (C=O) groups excluding carboxylic acids is 1. The van der Waals surface area contributed by atoms with Gasteiger partial charge in [0.15, 0.2) is 0 Å². The molecule has 1 amide bonds. The van der Waals surface area contributed by atoms with Gasteiger partial charge < -0.3 is 18.8 Å². The number of para-hydroxylation sites is 1. The molecule has 5 heteroatoms. The van der Waals surface area contributed by atoms with Crippen molar-refractivity contribution in [3.63, 3.8) is 0 Å². The van der Waals surface area contributed by atoms with Crippen LogP contribution < -0.4 is 0 Å². The summed E-state index contributed by atoms with van der Waals surface area (Å²) >= 11 is 0. The molecule has 0 radical (unpaired) electrons. The Morgan fingerprint density at radius 3 is 2.88 bits per heavy atom. The Kier molecular flexibility index (Phi) is 5.21. The number of fused-ring (bicyclic) bond motifs is 1. The molecule has 0 N–H and O–H groups in total. The maximum absolute atomic E-state index is 12.6. The molecular weight excluding hydrogens is 306 g/mol. The molecule has 24 heavy (non-hydrogen) atoms. The van der Waals surface area contributed by atoms with E-state index in [1.54, 1.807) is 18.9 Å². The molecule has 1 saturated heterocycles. The highest BCUT2D eigenvalue weighted by Crippen LogP contribution is 2.27. The summed E-state index contributed by atoms with van der Waals surface area (Å²) in [7, 11) is 1.78. The summed E-state index contributed by atoms with van der Waals surface area (Å²) in [4.78, 5) is 14.3. The van der Waals surface area contributed by atoms with Gasteiger partial charge in [-0.05, 0) is 38.8 Å². The highest BCUT2D eigenvalue weighted by atomic mass is 16.5. The van der Waals surface area contributed by atoms with E-state index in [2.05, 4.69) is 0 Å². The van der Waals surface area contributed by atoms with Crippen LogP contribution in [0.3, 0.4) is 0 Å². The van der Waals surface area contributed by atoms with Gasteiger partial charge in [0.25, 0.3) is 5.91 Å². The lowest BCUT2D eigenvalue weighted by atomic mass is 10.2. The summed E-state index contributed by atoms with van der Waals surface area (Å²) in [6.45, 7) is 5.01. The van der Waals surface area contributed by atoms with E-state index in [4.69, 9.17) is 13.9 Å². The van der Waals surface area contributed by atoms with E-state index in [9.17, 15) is 4.79 Å². The molecular formula is C19H25NO4. The first-order chi connectivity index (χ1) is 11.6. The summed E-state index contributed by atoms with van der Waals surface area (Å²) in [6, 6.07) is 9.68. The third kappa shape index (κ3) is 3.62. The van der Waals surface area contributed by atoms with Gasteiger partial charge in [-0.3, -0.25) is 4.79 Å². The van der Waals surface area contributed by atoms with E-state index in [0.29, 0.717) is 6.61 Å². The number of rotatable bonds is 6. The number of nitrogens with zero attached hydrogens (tertiary/aromatic N) is 1. The summed E-state index contributed by atoms with van der Waals surface area (Å²) in [6.07, 6.45) is 1.70. The fraction of sp³-hybridized carbons (Fsp3) is 0.526. The lowest BCUT2D eigenvalue weighted by Gasteiger charge is -2.26. The minimum absolute atomic E-state index is 0.0547. The zero-order chi connectivity index (χ0) is 17.1. The van der Waals surface area contributed by atoms with Crippen LogP contribution >= 0.6 is 0 Å². The predicted molar refractivity (Wildman–Crippen MR) is 91.8 cm³/mol. The molecule has 0 saturated carbocycles. The van der Waals surface area contributed by atoms with Crippen molar-refractivity contribution >= 4 is 16.9 Å². The highest BCUT2D eigenvalue weighted by molar-refractivity contribution is 5.81. The Balaban J connectivity index is 1.60. The number of furan rings is 1. The third-order valence-corrected chi connectivity index (χ3v) is 4.69. The Bertz CT molecular complexity index is 656. The number of carbonyl (C=O) groups is 1. The molecule has 1 fully saturated rings. The zero-order valence-corrected chi connectivity index (χ0v) is 14.5. The molecule has 0 bridgehead atoms. The van der Waals surface area contributed by atoms with Crippen molar-refractivity contribution < 1.29 is 18.7 Å². The standard InChI is InChI=1S/C19H25NO4/c1-13(18-11-15-7-4-5-9-17(15)24-18)20(3)19(21)14(2)23-12-16-8-6-10-22-16/h4-5,7,9,11,13-14,16H,6,8,10,12H2,1-3H3/t13-,14-,16+/m0/s1. The van der Waals surface area contributed by atoms with E-state index < -0.39 is 6.10 Å². The summed E-state index contributed by atoms with van der Waals surface area (Å²) in [5.74, 6) is 0.722. The van der Waals surface area contributed by atoms with Gasteiger partial charge in [-0.15, -0.1) is 0 Å². The van der Waals surface area contributed by atoms with Gasteiger partial charge in [-0.2, -0.15) is 0 Å². The van der Waals surface area contributed by atoms with Crippen LogP contribution in [0.25, 0.3) is 11.0 Å². The van der Waals surface area contributed by atoms with Gasteiger partial charge in [0.05, 0.1) is 18.8 Å². The number of hydrogen-bond donors (Lipinski definition) is 0. The maximum atomic E-state index is 12.6. The van der Waals surface area contributed by atoms with Crippen LogP contribution in [0.2, 0.25) is 0 Å². The minimum atomic E-state index is -0.494. The molecule has 0 unspecified atom stereocenters. The number of benzene rings is 1. The Labute approximate surface area is 142 Å². The van der Waals surface area contributed by atoms with Crippen molar-refractivity contribution in [1.82, 2.24) is 4.90 Å². The monoisotopic (exact) mass is 331 g/mol. The van der Waals surface area contributed by atoms with Crippen molar-refractivity contribution in [3.05, 3.63) is 36.1 Å². The Morgan fingerprint density at radius 2 is 2.17 bits per heavy atom. The van der Waals surface area contributed by atoms with Gasteiger partial charge >= 0.3 is 0 Å². The van der Waals surface area contributed by atoms with Gasteiger partial charge in [0.2, 0.25) is 0 Å². The van der Waals surface area contributed by atoms with Gasteiger partial charge in [0.1, 0.15) is 17.4 Å². The normalized spacial score (nSPS) is 20.2. The van der Waals surface area contributed by atoms with Crippen molar-refractivity contribution in [2.75, 3.05) is 20.3 Å². The average Bonchev–Trinajstić information content (AvgIpc) is 3.26. The van der Waals surface area contributed by atoms with E-state index in [1.165, 1.54) is 0 Å². The average molecular weight is 331 g/mol.